The number of aliphatic hydroxyl groups excluding tert-OH is 1. The van der Waals surface area contributed by atoms with Crippen molar-refractivity contribution in [2.75, 3.05) is 13.6 Å². The summed E-state index contributed by atoms with van der Waals surface area (Å²) in [6.45, 7) is 6.34. The van der Waals surface area contributed by atoms with E-state index in [-0.39, 0.29) is 6.23 Å². The highest BCUT2D eigenvalue weighted by molar-refractivity contribution is 4.84. The van der Waals surface area contributed by atoms with Gasteiger partial charge in [-0.1, -0.05) is 18.2 Å². The third-order valence-electron chi connectivity index (χ3n) is 1.99. The summed E-state index contributed by atoms with van der Waals surface area (Å²) in [6, 6.07) is 0. The van der Waals surface area contributed by atoms with E-state index in [9.17, 15) is 0 Å². The Hall–Kier alpha value is -0.600. The summed E-state index contributed by atoms with van der Waals surface area (Å²) in [4.78, 5) is 1.91. The molecule has 0 amide bonds. The average molecular weight is 183 g/mol. The maximum absolute atomic E-state index is 9.15. The summed E-state index contributed by atoms with van der Waals surface area (Å²) in [5.74, 6) is 0. The highest BCUT2D eigenvalue weighted by atomic mass is 16.3. The van der Waals surface area contributed by atoms with E-state index in [1.165, 1.54) is 0 Å². The van der Waals surface area contributed by atoms with E-state index in [1.807, 2.05) is 18.0 Å². The molecule has 0 saturated carbocycles. The van der Waals surface area contributed by atoms with E-state index in [4.69, 9.17) is 5.11 Å². The summed E-state index contributed by atoms with van der Waals surface area (Å²) in [5.41, 5.74) is 0. The molecule has 0 aromatic heterocycles. The van der Waals surface area contributed by atoms with E-state index in [2.05, 4.69) is 18.7 Å². The van der Waals surface area contributed by atoms with E-state index < -0.39 is 0 Å². The Morgan fingerprint density at radius 2 is 1.92 bits per heavy atom. The fraction of sp³-hybridized carbons (Fsp3) is 0.636. The minimum atomic E-state index is -0.346. The molecule has 0 spiro atoms. The van der Waals surface area contributed by atoms with Gasteiger partial charge in [-0.25, -0.2) is 0 Å². The average Bonchev–Trinajstić information content (AvgIpc) is 2.10. The quantitative estimate of drug-likeness (QED) is 0.371. The van der Waals surface area contributed by atoms with Gasteiger partial charge in [-0.15, -0.1) is 6.58 Å². The topological polar surface area (TPSA) is 23.5 Å². The summed E-state index contributed by atoms with van der Waals surface area (Å²) in [6.07, 6.45) is 9.01. The third kappa shape index (κ3) is 7.75. The van der Waals surface area contributed by atoms with Crippen LogP contribution in [0.25, 0.3) is 0 Å². The molecule has 0 fully saturated rings. The van der Waals surface area contributed by atoms with Gasteiger partial charge in [0.15, 0.2) is 0 Å². The number of unbranched alkanes of at least 4 members (excludes halogenated alkanes) is 1. The molecule has 0 bridgehead atoms. The Labute approximate surface area is 81.6 Å². The van der Waals surface area contributed by atoms with Crippen molar-refractivity contribution >= 4 is 0 Å². The van der Waals surface area contributed by atoms with Crippen molar-refractivity contribution in [3.8, 4) is 0 Å². The molecule has 0 aliphatic carbocycles. The molecule has 0 radical (unpaired) electrons. The molecule has 13 heavy (non-hydrogen) atoms. The Morgan fingerprint density at radius 3 is 2.46 bits per heavy atom. The van der Waals surface area contributed by atoms with Gasteiger partial charge in [-0.2, -0.15) is 0 Å². The van der Waals surface area contributed by atoms with Gasteiger partial charge in [-0.3, -0.25) is 4.90 Å². The van der Waals surface area contributed by atoms with Crippen molar-refractivity contribution in [2.24, 2.45) is 0 Å². The maximum atomic E-state index is 9.15. The lowest BCUT2D eigenvalue weighted by Crippen LogP contribution is -2.29. The predicted molar refractivity (Wildman–Crippen MR) is 57.5 cm³/mol. The number of hydrogen-bond acceptors (Lipinski definition) is 2. The fourth-order valence-electron chi connectivity index (χ4n) is 0.915. The predicted octanol–water partition coefficient (Wildman–Crippen LogP) is 2.17. The van der Waals surface area contributed by atoms with Gasteiger partial charge in [0.05, 0.1) is 0 Å². The van der Waals surface area contributed by atoms with Crippen LogP contribution in [0, 0.1) is 0 Å². The Balaban J connectivity index is 3.33. The zero-order valence-corrected chi connectivity index (χ0v) is 8.74. The Bertz CT molecular complexity index is 152. The molecule has 0 aliphatic rings. The highest BCUT2D eigenvalue weighted by Crippen LogP contribution is 1.96. The van der Waals surface area contributed by atoms with Crippen molar-refractivity contribution in [2.45, 2.75) is 32.4 Å². The maximum Gasteiger partial charge on any atom is 0.104 e. The van der Waals surface area contributed by atoms with Crippen LogP contribution in [0.4, 0.5) is 0 Å². The molecule has 76 valence electrons. The molecule has 2 heteroatoms. The second-order valence-electron chi connectivity index (χ2n) is 3.24. The van der Waals surface area contributed by atoms with Crippen LogP contribution in [0.15, 0.2) is 24.8 Å². The van der Waals surface area contributed by atoms with Crippen LogP contribution in [0.3, 0.4) is 0 Å². The first-order valence-corrected chi connectivity index (χ1v) is 4.82. The molecule has 0 saturated heterocycles. The van der Waals surface area contributed by atoms with Gasteiger partial charge in [0, 0.05) is 6.54 Å². The van der Waals surface area contributed by atoms with Crippen molar-refractivity contribution in [1.82, 2.24) is 4.90 Å². The molecule has 0 rings (SSSR count). The Morgan fingerprint density at radius 1 is 1.31 bits per heavy atom. The van der Waals surface area contributed by atoms with Crippen LogP contribution in [0.1, 0.15) is 26.2 Å². The highest BCUT2D eigenvalue weighted by Gasteiger charge is 2.01. The molecule has 1 N–H and O–H groups in total. The smallest absolute Gasteiger partial charge is 0.104 e. The molecule has 0 aromatic rings. The van der Waals surface area contributed by atoms with Crippen molar-refractivity contribution in [1.29, 1.82) is 0 Å². The van der Waals surface area contributed by atoms with Crippen molar-refractivity contribution in [3.05, 3.63) is 24.8 Å². The molecule has 0 heterocycles. The van der Waals surface area contributed by atoms with Crippen LogP contribution in [-0.2, 0) is 0 Å². The third-order valence-corrected chi connectivity index (χ3v) is 1.99. The van der Waals surface area contributed by atoms with Gasteiger partial charge in [-0.05, 0) is 33.2 Å². The lowest BCUT2D eigenvalue weighted by molar-refractivity contribution is 0.0398. The van der Waals surface area contributed by atoms with Crippen LogP contribution >= 0.6 is 0 Å². The largest absolute Gasteiger partial charge is 0.379 e. The fourth-order valence-corrected chi connectivity index (χ4v) is 0.915. The first-order chi connectivity index (χ1) is 6.18. The first-order valence-electron chi connectivity index (χ1n) is 4.82. The van der Waals surface area contributed by atoms with Gasteiger partial charge in [0.2, 0.25) is 0 Å². The van der Waals surface area contributed by atoms with E-state index in [0.29, 0.717) is 0 Å². The molecule has 1 atom stereocenters. The summed E-state index contributed by atoms with van der Waals surface area (Å²) >= 11 is 0. The van der Waals surface area contributed by atoms with E-state index in [0.717, 1.165) is 25.8 Å². The summed E-state index contributed by atoms with van der Waals surface area (Å²) < 4.78 is 0. The minimum absolute atomic E-state index is 0.346. The summed E-state index contributed by atoms with van der Waals surface area (Å²) in [7, 11) is 1.92. The number of hydrogen-bond donors (Lipinski definition) is 1. The number of aliphatic hydroxyl groups is 1. The monoisotopic (exact) mass is 183 g/mol. The van der Waals surface area contributed by atoms with Crippen LogP contribution in [-0.4, -0.2) is 29.8 Å². The molecule has 0 aliphatic heterocycles. The van der Waals surface area contributed by atoms with Gasteiger partial charge in [0.25, 0.3) is 0 Å². The van der Waals surface area contributed by atoms with Gasteiger partial charge >= 0.3 is 0 Å². The molecule has 2 nitrogen and oxygen atoms in total. The number of nitrogens with zero attached hydrogens (tertiary/aromatic N) is 1. The molecular weight excluding hydrogens is 162 g/mol. The van der Waals surface area contributed by atoms with Gasteiger partial charge in [0.1, 0.15) is 6.23 Å². The standard InChI is InChI=1S/C11H21NO/c1-4-5-6-7-8-9-10-12(3)11(2)13/h4,7-8,11,13H,1,5-6,9-10H2,2-3H3/b8-7+. The zero-order chi connectivity index (χ0) is 10.1. The zero-order valence-electron chi connectivity index (χ0n) is 8.74. The molecule has 1 unspecified atom stereocenters. The second kappa shape index (κ2) is 8.02. The number of rotatable bonds is 7. The second-order valence-corrected chi connectivity index (χ2v) is 3.24. The van der Waals surface area contributed by atoms with Crippen molar-refractivity contribution < 1.29 is 5.11 Å². The Kier molecular flexibility index (Phi) is 7.65. The lowest BCUT2D eigenvalue weighted by Gasteiger charge is -2.18. The van der Waals surface area contributed by atoms with Crippen LogP contribution < -0.4 is 0 Å². The van der Waals surface area contributed by atoms with Crippen molar-refractivity contribution in [3.63, 3.8) is 0 Å². The van der Waals surface area contributed by atoms with Crippen LogP contribution in [0.5, 0.6) is 0 Å². The normalized spacial score (nSPS) is 13.8. The van der Waals surface area contributed by atoms with E-state index >= 15 is 0 Å². The van der Waals surface area contributed by atoms with Gasteiger partial charge < -0.3 is 5.11 Å². The number of allylic oxidation sites excluding steroid dienone is 2. The SMILES string of the molecule is C=CCC/C=C/CCN(C)C(C)O. The lowest BCUT2D eigenvalue weighted by atomic mass is 10.2. The first kappa shape index (κ1) is 12.4. The van der Waals surface area contributed by atoms with E-state index in [1.54, 1.807) is 6.92 Å². The molecular formula is C11H21NO. The molecule has 0 aromatic carbocycles. The summed E-state index contributed by atoms with van der Waals surface area (Å²) in [5, 5.41) is 9.15. The van der Waals surface area contributed by atoms with Crippen LogP contribution in [0.2, 0.25) is 0 Å². The minimum Gasteiger partial charge on any atom is -0.379 e.